The molecular weight excluding hydrogens is 162 g/mol. The molecule has 0 aromatic rings. The quantitative estimate of drug-likeness (QED) is 0.679. The van der Waals surface area contributed by atoms with E-state index in [1.54, 1.807) is 0 Å². The second-order valence-electron chi connectivity index (χ2n) is 4.14. The molecule has 3 unspecified atom stereocenters. The fraction of sp³-hybridized carbons (Fsp3) is 0.909. The second-order valence-corrected chi connectivity index (χ2v) is 4.14. The average molecular weight is 185 g/mol. The highest BCUT2D eigenvalue weighted by Gasteiger charge is 2.22. The lowest BCUT2D eigenvalue weighted by atomic mass is 9.83. The number of nitrogens with two attached hydrogens (primary N) is 1. The van der Waals surface area contributed by atoms with E-state index in [0.29, 0.717) is 11.8 Å². The first-order valence-electron chi connectivity index (χ1n) is 5.32. The molecule has 0 rings (SSSR count). The van der Waals surface area contributed by atoms with Crippen LogP contribution >= 0.6 is 0 Å². The molecule has 2 heteroatoms. The Balaban J connectivity index is 4.17. The second kappa shape index (κ2) is 6.01. The van der Waals surface area contributed by atoms with Crippen molar-refractivity contribution in [1.29, 1.82) is 0 Å². The van der Waals surface area contributed by atoms with E-state index in [1.807, 2.05) is 0 Å². The van der Waals surface area contributed by atoms with Crippen molar-refractivity contribution in [2.45, 2.75) is 47.0 Å². The lowest BCUT2D eigenvalue weighted by Gasteiger charge is -2.22. The van der Waals surface area contributed by atoms with Crippen LogP contribution < -0.4 is 5.73 Å². The third kappa shape index (κ3) is 4.30. The van der Waals surface area contributed by atoms with Gasteiger partial charge >= 0.3 is 0 Å². The van der Waals surface area contributed by atoms with Crippen LogP contribution in [0.1, 0.15) is 47.0 Å². The van der Waals surface area contributed by atoms with Gasteiger partial charge in [0.25, 0.3) is 0 Å². The van der Waals surface area contributed by atoms with Crippen molar-refractivity contribution in [3.8, 4) is 0 Å². The van der Waals surface area contributed by atoms with Gasteiger partial charge < -0.3 is 5.73 Å². The molecule has 3 atom stereocenters. The van der Waals surface area contributed by atoms with Crippen molar-refractivity contribution in [2.24, 2.45) is 23.5 Å². The van der Waals surface area contributed by atoms with Gasteiger partial charge in [-0.05, 0) is 18.3 Å². The minimum Gasteiger partial charge on any atom is -0.369 e. The molecule has 0 aliphatic carbocycles. The predicted octanol–water partition coefficient (Wildman–Crippen LogP) is 2.57. The van der Waals surface area contributed by atoms with Crippen LogP contribution in [-0.2, 0) is 4.79 Å². The smallest absolute Gasteiger partial charge is 0.220 e. The normalized spacial score (nSPS) is 17.8. The first-order valence-corrected chi connectivity index (χ1v) is 5.32. The fourth-order valence-electron chi connectivity index (χ4n) is 1.51. The summed E-state index contributed by atoms with van der Waals surface area (Å²) in [5.41, 5.74) is 5.38. The molecule has 78 valence electrons. The maximum Gasteiger partial charge on any atom is 0.220 e. The van der Waals surface area contributed by atoms with Crippen LogP contribution in [0.5, 0.6) is 0 Å². The van der Waals surface area contributed by atoms with E-state index in [9.17, 15) is 4.79 Å². The summed E-state index contributed by atoms with van der Waals surface area (Å²) in [4.78, 5) is 11.2. The summed E-state index contributed by atoms with van der Waals surface area (Å²) in [5.74, 6) is 0.965. The fourth-order valence-corrected chi connectivity index (χ4v) is 1.51. The van der Waals surface area contributed by atoms with E-state index in [-0.39, 0.29) is 11.8 Å². The minimum atomic E-state index is -0.130. The monoisotopic (exact) mass is 185 g/mol. The molecule has 0 fully saturated rings. The summed E-state index contributed by atoms with van der Waals surface area (Å²) < 4.78 is 0. The van der Waals surface area contributed by atoms with Crippen molar-refractivity contribution < 1.29 is 4.79 Å². The lowest BCUT2D eigenvalue weighted by Crippen LogP contribution is -2.29. The first kappa shape index (κ1) is 12.5. The molecule has 0 aromatic heterocycles. The molecule has 0 aliphatic rings. The highest BCUT2D eigenvalue weighted by Crippen LogP contribution is 2.24. The van der Waals surface area contributed by atoms with Gasteiger partial charge in [-0.2, -0.15) is 0 Å². The molecule has 0 aliphatic heterocycles. The van der Waals surface area contributed by atoms with Crippen molar-refractivity contribution in [3.05, 3.63) is 0 Å². The Morgan fingerprint density at radius 3 is 2.08 bits per heavy atom. The van der Waals surface area contributed by atoms with Crippen molar-refractivity contribution in [2.75, 3.05) is 0 Å². The standard InChI is InChI=1S/C11H23NO/c1-5-8(3)7-10(11(12)13)9(4)6-2/h8-10H,5-7H2,1-4H3,(H2,12,13). The van der Waals surface area contributed by atoms with Crippen LogP contribution in [0.4, 0.5) is 0 Å². The Bertz CT molecular complexity index is 156. The van der Waals surface area contributed by atoms with Gasteiger partial charge in [-0.1, -0.05) is 40.5 Å². The molecule has 0 saturated heterocycles. The van der Waals surface area contributed by atoms with E-state index in [1.165, 1.54) is 0 Å². The van der Waals surface area contributed by atoms with Crippen molar-refractivity contribution in [3.63, 3.8) is 0 Å². The molecule has 0 saturated carbocycles. The Labute approximate surface area is 81.9 Å². The summed E-state index contributed by atoms with van der Waals surface area (Å²) in [5, 5.41) is 0. The number of hydrogen-bond acceptors (Lipinski definition) is 1. The third-order valence-electron chi connectivity index (χ3n) is 3.05. The maximum absolute atomic E-state index is 11.2. The number of carbonyl (C=O) groups is 1. The van der Waals surface area contributed by atoms with Gasteiger partial charge in [0.1, 0.15) is 0 Å². The topological polar surface area (TPSA) is 43.1 Å². The van der Waals surface area contributed by atoms with Crippen LogP contribution in [0.2, 0.25) is 0 Å². The van der Waals surface area contributed by atoms with Crippen LogP contribution in [-0.4, -0.2) is 5.91 Å². The van der Waals surface area contributed by atoms with E-state index in [2.05, 4.69) is 27.7 Å². The zero-order valence-corrected chi connectivity index (χ0v) is 9.34. The van der Waals surface area contributed by atoms with Gasteiger partial charge in [0.2, 0.25) is 5.91 Å². The zero-order chi connectivity index (χ0) is 10.4. The maximum atomic E-state index is 11.2. The van der Waals surface area contributed by atoms with E-state index >= 15 is 0 Å². The largest absolute Gasteiger partial charge is 0.369 e. The Morgan fingerprint density at radius 1 is 1.23 bits per heavy atom. The summed E-state index contributed by atoms with van der Waals surface area (Å²) in [6.45, 7) is 8.55. The highest BCUT2D eigenvalue weighted by molar-refractivity contribution is 5.76. The Kier molecular flexibility index (Phi) is 5.76. The third-order valence-corrected chi connectivity index (χ3v) is 3.05. The molecule has 13 heavy (non-hydrogen) atoms. The van der Waals surface area contributed by atoms with Gasteiger partial charge in [0.05, 0.1) is 0 Å². The molecular formula is C11H23NO. The molecule has 0 heterocycles. The molecule has 2 N–H and O–H groups in total. The zero-order valence-electron chi connectivity index (χ0n) is 9.34. The Hall–Kier alpha value is -0.530. The molecule has 0 radical (unpaired) electrons. The van der Waals surface area contributed by atoms with Gasteiger partial charge in [-0.15, -0.1) is 0 Å². The average Bonchev–Trinajstić information content (AvgIpc) is 2.11. The predicted molar refractivity (Wildman–Crippen MR) is 56.2 cm³/mol. The summed E-state index contributed by atoms with van der Waals surface area (Å²) in [7, 11) is 0. The number of carbonyl (C=O) groups excluding carboxylic acids is 1. The van der Waals surface area contributed by atoms with Crippen LogP contribution in [0.3, 0.4) is 0 Å². The molecule has 0 aromatic carbocycles. The number of rotatable bonds is 6. The number of primary amides is 1. The van der Waals surface area contributed by atoms with E-state index < -0.39 is 0 Å². The molecule has 0 spiro atoms. The summed E-state index contributed by atoms with van der Waals surface area (Å²) in [6.07, 6.45) is 3.10. The summed E-state index contributed by atoms with van der Waals surface area (Å²) in [6, 6.07) is 0. The van der Waals surface area contributed by atoms with E-state index in [4.69, 9.17) is 5.73 Å². The van der Waals surface area contributed by atoms with Gasteiger partial charge in [0, 0.05) is 5.92 Å². The minimum absolute atomic E-state index is 0.0694. The molecule has 2 nitrogen and oxygen atoms in total. The van der Waals surface area contributed by atoms with Crippen LogP contribution in [0.25, 0.3) is 0 Å². The lowest BCUT2D eigenvalue weighted by molar-refractivity contribution is -0.123. The highest BCUT2D eigenvalue weighted by atomic mass is 16.1. The van der Waals surface area contributed by atoms with Crippen molar-refractivity contribution >= 4 is 5.91 Å². The van der Waals surface area contributed by atoms with Gasteiger partial charge in [-0.25, -0.2) is 0 Å². The van der Waals surface area contributed by atoms with Gasteiger partial charge in [-0.3, -0.25) is 4.79 Å². The summed E-state index contributed by atoms with van der Waals surface area (Å²) >= 11 is 0. The molecule has 0 bridgehead atoms. The van der Waals surface area contributed by atoms with Gasteiger partial charge in [0.15, 0.2) is 0 Å². The van der Waals surface area contributed by atoms with Crippen molar-refractivity contribution in [1.82, 2.24) is 0 Å². The first-order chi connectivity index (χ1) is 6.02. The molecule has 1 amide bonds. The number of hydrogen-bond donors (Lipinski definition) is 1. The van der Waals surface area contributed by atoms with E-state index in [0.717, 1.165) is 19.3 Å². The SMILES string of the molecule is CCC(C)CC(C(N)=O)C(C)CC. The Morgan fingerprint density at radius 2 is 1.77 bits per heavy atom. The van der Waals surface area contributed by atoms with Crippen LogP contribution in [0, 0.1) is 17.8 Å². The van der Waals surface area contributed by atoms with Crippen LogP contribution in [0.15, 0.2) is 0 Å². The number of amides is 1.